The van der Waals surface area contributed by atoms with Gasteiger partial charge in [-0.15, -0.1) is 0 Å². The quantitative estimate of drug-likeness (QED) is 0.345. The third kappa shape index (κ3) is 4.23. The number of alkyl halides is 3. The number of rotatable bonds is 4. The molecule has 0 amide bonds. The fourth-order valence-electron chi connectivity index (χ4n) is 3.32. The number of nitrogens with zero attached hydrogens (tertiary/aromatic N) is 1. The monoisotopic (exact) mass is 446 g/mol. The maximum Gasteiger partial charge on any atom is 0.418 e. The van der Waals surface area contributed by atoms with Gasteiger partial charge in [0.05, 0.1) is 11.1 Å². The van der Waals surface area contributed by atoms with Crippen molar-refractivity contribution >= 4 is 39.8 Å². The summed E-state index contributed by atoms with van der Waals surface area (Å²) >= 11 is 12.1. The van der Waals surface area contributed by atoms with Crippen LogP contribution in [-0.4, -0.2) is 4.98 Å². The van der Waals surface area contributed by atoms with Crippen LogP contribution in [0.1, 0.15) is 11.1 Å². The molecule has 30 heavy (non-hydrogen) atoms. The van der Waals surface area contributed by atoms with Crippen molar-refractivity contribution in [1.82, 2.24) is 4.98 Å². The van der Waals surface area contributed by atoms with Crippen LogP contribution in [0.15, 0.2) is 72.9 Å². The predicted octanol–water partition coefficient (Wildman–Crippen LogP) is 7.84. The van der Waals surface area contributed by atoms with Crippen LogP contribution in [-0.2, 0) is 12.7 Å². The van der Waals surface area contributed by atoms with Crippen LogP contribution < -0.4 is 5.32 Å². The molecule has 0 spiro atoms. The van der Waals surface area contributed by atoms with E-state index < -0.39 is 11.7 Å². The summed E-state index contributed by atoms with van der Waals surface area (Å²) in [6.45, 7) is 0.481. The fourth-order valence-corrected chi connectivity index (χ4v) is 3.79. The molecule has 0 radical (unpaired) electrons. The van der Waals surface area contributed by atoms with Crippen LogP contribution in [0.5, 0.6) is 0 Å². The molecule has 0 aliphatic heterocycles. The Bertz CT molecular complexity index is 1220. The third-order valence-corrected chi connectivity index (χ3v) is 5.34. The Morgan fingerprint density at radius 3 is 2.47 bits per heavy atom. The van der Waals surface area contributed by atoms with Gasteiger partial charge in [0.15, 0.2) is 0 Å². The van der Waals surface area contributed by atoms with Gasteiger partial charge < -0.3 is 5.32 Å². The van der Waals surface area contributed by atoms with Gasteiger partial charge in [-0.05, 0) is 53.1 Å². The second-order valence-corrected chi connectivity index (χ2v) is 7.57. The van der Waals surface area contributed by atoms with E-state index in [0.717, 1.165) is 22.9 Å². The summed E-state index contributed by atoms with van der Waals surface area (Å²) in [7, 11) is 0. The van der Waals surface area contributed by atoms with E-state index in [1.807, 2.05) is 30.3 Å². The molecular weight excluding hydrogens is 432 g/mol. The molecule has 0 saturated heterocycles. The summed E-state index contributed by atoms with van der Waals surface area (Å²) in [4.78, 5) is 3.99. The minimum Gasteiger partial charge on any atom is -0.381 e. The van der Waals surface area contributed by atoms with Crippen molar-refractivity contribution < 1.29 is 13.2 Å². The van der Waals surface area contributed by atoms with Crippen LogP contribution in [0.2, 0.25) is 10.0 Å². The number of nitrogens with one attached hydrogen (secondary N) is 1. The Morgan fingerprint density at radius 2 is 1.70 bits per heavy atom. The van der Waals surface area contributed by atoms with Gasteiger partial charge in [0, 0.05) is 33.9 Å². The average Bonchev–Trinajstić information content (AvgIpc) is 2.72. The fraction of sp³-hybridized carbons (Fsp3) is 0.0870. The highest BCUT2D eigenvalue weighted by molar-refractivity contribution is 6.35. The van der Waals surface area contributed by atoms with Crippen LogP contribution in [0.25, 0.3) is 22.0 Å². The third-order valence-electron chi connectivity index (χ3n) is 4.75. The topological polar surface area (TPSA) is 24.9 Å². The molecule has 0 unspecified atom stereocenters. The van der Waals surface area contributed by atoms with E-state index in [1.165, 1.54) is 12.3 Å². The van der Waals surface area contributed by atoms with Crippen molar-refractivity contribution in [3.05, 3.63) is 94.1 Å². The lowest BCUT2D eigenvalue weighted by Gasteiger charge is -2.13. The smallest absolute Gasteiger partial charge is 0.381 e. The summed E-state index contributed by atoms with van der Waals surface area (Å²) in [6.07, 6.45) is -3.06. The minimum absolute atomic E-state index is 0.0613. The molecule has 1 heterocycles. The molecule has 0 saturated carbocycles. The Kier molecular flexibility index (Phi) is 5.58. The van der Waals surface area contributed by atoms with E-state index in [0.29, 0.717) is 27.5 Å². The summed E-state index contributed by atoms with van der Waals surface area (Å²) in [6, 6.07) is 18.6. The molecule has 0 fully saturated rings. The zero-order valence-corrected chi connectivity index (χ0v) is 17.0. The van der Waals surface area contributed by atoms with Crippen molar-refractivity contribution in [2.45, 2.75) is 12.7 Å². The van der Waals surface area contributed by atoms with Crippen LogP contribution in [0.4, 0.5) is 18.9 Å². The number of halogens is 5. The highest BCUT2D eigenvalue weighted by atomic mass is 35.5. The van der Waals surface area contributed by atoms with E-state index in [-0.39, 0.29) is 5.52 Å². The Hall–Kier alpha value is -2.76. The molecule has 1 aromatic heterocycles. The molecule has 152 valence electrons. The van der Waals surface area contributed by atoms with E-state index >= 15 is 0 Å². The molecular formula is C23H15Cl2F3N2. The predicted molar refractivity (Wildman–Crippen MR) is 116 cm³/mol. The largest absolute Gasteiger partial charge is 0.418 e. The molecule has 0 bridgehead atoms. The zero-order chi connectivity index (χ0) is 21.3. The lowest BCUT2D eigenvalue weighted by atomic mass is 9.99. The van der Waals surface area contributed by atoms with Gasteiger partial charge in [0.2, 0.25) is 0 Å². The molecule has 1 N–H and O–H groups in total. The molecule has 0 atom stereocenters. The van der Waals surface area contributed by atoms with Crippen molar-refractivity contribution in [3.8, 4) is 11.1 Å². The van der Waals surface area contributed by atoms with E-state index in [4.69, 9.17) is 23.2 Å². The van der Waals surface area contributed by atoms with Gasteiger partial charge in [-0.25, -0.2) is 0 Å². The van der Waals surface area contributed by atoms with E-state index in [2.05, 4.69) is 10.3 Å². The Labute approximate surface area is 181 Å². The van der Waals surface area contributed by atoms with Crippen molar-refractivity contribution in [2.75, 3.05) is 5.32 Å². The number of para-hydroxylation sites is 1. The second kappa shape index (κ2) is 8.17. The number of benzene rings is 3. The molecule has 4 rings (SSSR count). The summed E-state index contributed by atoms with van der Waals surface area (Å²) in [5.74, 6) is 0. The Morgan fingerprint density at radius 1 is 0.900 bits per heavy atom. The van der Waals surface area contributed by atoms with Crippen molar-refractivity contribution in [1.29, 1.82) is 0 Å². The molecule has 7 heteroatoms. The maximum absolute atomic E-state index is 13.4. The number of hydrogen-bond donors (Lipinski definition) is 1. The van der Waals surface area contributed by atoms with Gasteiger partial charge in [-0.3, -0.25) is 4.98 Å². The molecule has 0 aliphatic rings. The van der Waals surface area contributed by atoms with E-state index in [9.17, 15) is 13.2 Å². The summed E-state index contributed by atoms with van der Waals surface area (Å²) in [5, 5.41) is 4.87. The van der Waals surface area contributed by atoms with Gasteiger partial charge in [-0.1, -0.05) is 53.5 Å². The van der Waals surface area contributed by atoms with Crippen molar-refractivity contribution in [3.63, 3.8) is 0 Å². The van der Waals surface area contributed by atoms with Gasteiger partial charge in [0.25, 0.3) is 0 Å². The first-order valence-electron chi connectivity index (χ1n) is 9.06. The number of aromatic nitrogens is 1. The van der Waals surface area contributed by atoms with Crippen LogP contribution in [0, 0.1) is 0 Å². The second-order valence-electron chi connectivity index (χ2n) is 6.73. The first kappa shape index (κ1) is 20.5. The average molecular weight is 447 g/mol. The maximum atomic E-state index is 13.4. The van der Waals surface area contributed by atoms with Crippen LogP contribution >= 0.6 is 23.2 Å². The number of fused-ring (bicyclic) bond motifs is 1. The first-order valence-corrected chi connectivity index (χ1v) is 9.82. The Balaban J connectivity index is 1.68. The number of anilines is 1. The molecule has 3 aromatic carbocycles. The standard InChI is InChI=1S/C23H15Cl2F3N2/c24-16-8-7-15(21(25)12-16)13-30-17-4-1-3-14(11-17)18-9-10-29-22-19(18)5-2-6-20(22)23(26,27)28/h1-12,30H,13H2. The lowest BCUT2D eigenvalue weighted by Crippen LogP contribution is -2.06. The van der Waals surface area contributed by atoms with Gasteiger partial charge in [-0.2, -0.15) is 13.2 Å². The van der Waals surface area contributed by atoms with Gasteiger partial charge in [0.1, 0.15) is 0 Å². The van der Waals surface area contributed by atoms with Crippen LogP contribution in [0.3, 0.4) is 0 Å². The highest BCUT2D eigenvalue weighted by Gasteiger charge is 2.33. The van der Waals surface area contributed by atoms with Gasteiger partial charge >= 0.3 is 6.18 Å². The molecule has 2 nitrogen and oxygen atoms in total. The number of hydrogen-bond acceptors (Lipinski definition) is 2. The molecule has 4 aromatic rings. The summed E-state index contributed by atoms with van der Waals surface area (Å²) < 4.78 is 40.1. The minimum atomic E-state index is -4.47. The lowest BCUT2D eigenvalue weighted by molar-refractivity contribution is -0.136. The zero-order valence-electron chi connectivity index (χ0n) is 15.5. The highest BCUT2D eigenvalue weighted by Crippen LogP contribution is 2.37. The molecule has 0 aliphatic carbocycles. The SMILES string of the molecule is FC(F)(F)c1cccc2c(-c3cccc(NCc4ccc(Cl)cc4Cl)c3)ccnc12. The first-order chi connectivity index (χ1) is 14.3. The van der Waals surface area contributed by atoms with Crippen molar-refractivity contribution in [2.24, 2.45) is 0 Å². The van der Waals surface area contributed by atoms with E-state index in [1.54, 1.807) is 24.3 Å². The number of pyridine rings is 1. The summed E-state index contributed by atoms with van der Waals surface area (Å²) in [5.41, 5.74) is 2.36. The normalized spacial score (nSPS) is 11.6.